The molecule has 154 valence electrons. The number of amides is 1. The van der Waals surface area contributed by atoms with Gasteiger partial charge < -0.3 is 15.5 Å². The second-order valence-corrected chi connectivity index (χ2v) is 7.20. The van der Waals surface area contributed by atoms with Crippen molar-refractivity contribution in [1.82, 2.24) is 15.5 Å². The lowest BCUT2D eigenvalue weighted by atomic mass is 10.1. The molecule has 1 atom stereocenters. The van der Waals surface area contributed by atoms with Crippen LogP contribution in [0.2, 0.25) is 0 Å². The van der Waals surface area contributed by atoms with Crippen LogP contribution in [0.1, 0.15) is 42.5 Å². The molecule has 7 heteroatoms. The smallest absolute Gasteiger partial charge is 0.222 e. The van der Waals surface area contributed by atoms with E-state index in [0.29, 0.717) is 31.0 Å². The standard InChI is InChI=1S/C22H26F2N4O/c1-15(18-8-9-19(23)20(24)12-18)27-22(25-2)26-13-16-5-3-6-17(11-16)14-28-10-4-7-21(28)29/h3,5-6,8-9,11-12,15H,4,7,10,13-14H2,1-2H3,(H2,25,26,27). The Bertz CT molecular complexity index is 900. The Labute approximate surface area is 169 Å². The van der Waals surface area contributed by atoms with Crippen LogP contribution in [-0.4, -0.2) is 30.4 Å². The molecule has 1 fully saturated rings. The van der Waals surface area contributed by atoms with E-state index >= 15 is 0 Å². The van der Waals surface area contributed by atoms with E-state index in [-0.39, 0.29) is 11.9 Å². The van der Waals surface area contributed by atoms with Gasteiger partial charge in [0.15, 0.2) is 17.6 Å². The molecular formula is C22H26F2N4O. The van der Waals surface area contributed by atoms with Crippen molar-refractivity contribution in [3.8, 4) is 0 Å². The molecule has 5 nitrogen and oxygen atoms in total. The van der Waals surface area contributed by atoms with Crippen molar-refractivity contribution in [2.75, 3.05) is 13.6 Å². The van der Waals surface area contributed by atoms with E-state index in [4.69, 9.17) is 0 Å². The molecule has 0 aliphatic carbocycles. The highest BCUT2D eigenvalue weighted by molar-refractivity contribution is 5.80. The van der Waals surface area contributed by atoms with Gasteiger partial charge in [-0.2, -0.15) is 0 Å². The lowest BCUT2D eigenvalue weighted by molar-refractivity contribution is -0.128. The number of likely N-dealkylation sites (tertiary alicyclic amines) is 1. The largest absolute Gasteiger partial charge is 0.352 e. The van der Waals surface area contributed by atoms with Crippen LogP contribution < -0.4 is 10.6 Å². The molecule has 1 amide bonds. The van der Waals surface area contributed by atoms with E-state index in [1.54, 1.807) is 13.1 Å². The Morgan fingerprint density at radius 1 is 1.17 bits per heavy atom. The normalized spacial score (nSPS) is 15.5. The highest BCUT2D eigenvalue weighted by atomic mass is 19.2. The molecule has 29 heavy (non-hydrogen) atoms. The molecule has 1 saturated heterocycles. The van der Waals surface area contributed by atoms with E-state index in [0.717, 1.165) is 30.2 Å². The van der Waals surface area contributed by atoms with Crippen molar-refractivity contribution in [2.24, 2.45) is 4.99 Å². The number of hydrogen-bond acceptors (Lipinski definition) is 2. The molecule has 3 rings (SSSR count). The predicted octanol–water partition coefficient (Wildman–Crippen LogP) is 3.51. The number of hydrogen-bond donors (Lipinski definition) is 2. The maximum absolute atomic E-state index is 13.5. The zero-order valence-corrected chi connectivity index (χ0v) is 16.7. The first-order valence-corrected chi connectivity index (χ1v) is 9.74. The van der Waals surface area contributed by atoms with Gasteiger partial charge in [-0.1, -0.05) is 30.3 Å². The van der Waals surface area contributed by atoms with E-state index in [1.165, 1.54) is 6.07 Å². The minimum atomic E-state index is -0.868. The summed E-state index contributed by atoms with van der Waals surface area (Å²) in [4.78, 5) is 17.9. The van der Waals surface area contributed by atoms with E-state index in [1.807, 2.05) is 30.0 Å². The van der Waals surface area contributed by atoms with Crippen molar-refractivity contribution in [3.63, 3.8) is 0 Å². The minimum Gasteiger partial charge on any atom is -0.352 e. The van der Waals surface area contributed by atoms with Crippen LogP contribution in [0, 0.1) is 11.6 Å². The maximum atomic E-state index is 13.5. The summed E-state index contributed by atoms with van der Waals surface area (Å²) in [5, 5.41) is 6.41. The SMILES string of the molecule is CN=C(NCc1cccc(CN2CCCC2=O)c1)NC(C)c1ccc(F)c(F)c1. The fourth-order valence-corrected chi connectivity index (χ4v) is 3.38. The van der Waals surface area contributed by atoms with Crippen LogP contribution in [-0.2, 0) is 17.9 Å². The Balaban J connectivity index is 1.57. The molecule has 0 saturated carbocycles. The highest BCUT2D eigenvalue weighted by Gasteiger charge is 2.20. The first-order chi connectivity index (χ1) is 14.0. The Morgan fingerprint density at radius 3 is 2.66 bits per heavy atom. The summed E-state index contributed by atoms with van der Waals surface area (Å²) in [5.41, 5.74) is 2.79. The van der Waals surface area contributed by atoms with Gasteiger partial charge in [0.05, 0.1) is 6.04 Å². The molecular weight excluding hydrogens is 374 g/mol. The number of benzene rings is 2. The number of nitrogens with zero attached hydrogens (tertiary/aromatic N) is 2. The summed E-state index contributed by atoms with van der Waals surface area (Å²) < 4.78 is 26.6. The monoisotopic (exact) mass is 400 g/mol. The third kappa shape index (κ3) is 5.53. The average molecular weight is 400 g/mol. The Kier molecular flexibility index (Phi) is 6.80. The Hall–Kier alpha value is -2.96. The first-order valence-electron chi connectivity index (χ1n) is 9.74. The maximum Gasteiger partial charge on any atom is 0.222 e. The highest BCUT2D eigenvalue weighted by Crippen LogP contribution is 2.17. The first kappa shape index (κ1) is 20.8. The minimum absolute atomic E-state index is 0.212. The molecule has 0 spiro atoms. The van der Waals surface area contributed by atoms with Crippen LogP contribution in [0.15, 0.2) is 47.5 Å². The zero-order valence-electron chi connectivity index (χ0n) is 16.7. The molecule has 2 N–H and O–H groups in total. The quantitative estimate of drug-likeness (QED) is 0.576. The summed E-state index contributed by atoms with van der Waals surface area (Å²) in [6.45, 7) is 3.85. The van der Waals surface area contributed by atoms with Gasteiger partial charge in [0.25, 0.3) is 0 Å². The van der Waals surface area contributed by atoms with Gasteiger partial charge in [-0.3, -0.25) is 9.79 Å². The predicted molar refractivity (Wildman–Crippen MR) is 109 cm³/mol. The summed E-state index contributed by atoms with van der Waals surface area (Å²) >= 11 is 0. The number of carbonyl (C=O) groups is 1. The number of halogens is 2. The van der Waals surface area contributed by atoms with Crippen molar-refractivity contribution in [3.05, 3.63) is 70.8 Å². The molecule has 2 aromatic carbocycles. The van der Waals surface area contributed by atoms with Crippen LogP contribution in [0.3, 0.4) is 0 Å². The third-order valence-corrected chi connectivity index (χ3v) is 5.02. The molecule has 1 aliphatic heterocycles. The fraction of sp³-hybridized carbons (Fsp3) is 0.364. The van der Waals surface area contributed by atoms with Gasteiger partial charge in [0.2, 0.25) is 5.91 Å². The number of carbonyl (C=O) groups excluding carboxylic acids is 1. The van der Waals surface area contributed by atoms with Crippen LogP contribution in [0.4, 0.5) is 8.78 Å². The van der Waals surface area contributed by atoms with Gasteiger partial charge in [-0.25, -0.2) is 8.78 Å². The van der Waals surface area contributed by atoms with Crippen molar-refractivity contribution < 1.29 is 13.6 Å². The summed E-state index contributed by atoms with van der Waals surface area (Å²) in [7, 11) is 1.66. The van der Waals surface area contributed by atoms with Crippen molar-refractivity contribution >= 4 is 11.9 Å². The van der Waals surface area contributed by atoms with E-state index < -0.39 is 11.6 Å². The van der Waals surface area contributed by atoms with Gasteiger partial charge in [0, 0.05) is 33.1 Å². The lowest BCUT2D eigenvalue weighted by Crippen LogP contribution is -2.38. The van der Waals surface area contributed by atoms with Gasteiger partial charge in [-0.15, -0.1) is 0 Å². The van der Waals surface area contributed by atoms with Crippen LogP contribution in [0.25, 0.3) is 0 Å². The molecule has 0 aromatic heterocycles. The van der Waals surface area contributed by atoms with Crippen molar-refractivity contribution in [1.29, 1.82) is 0 Å². The Morgan fingerprint density at radius 2 is 1.97 bits per heavy atom. The van der Waals surface area contributed by atoms with Gasteiger partial charge in [-0.05, 0) is 42.2 Å². The van der Waals surface area contributed by atoms with E-state index in [9.17, 15) is 13.6 Å². The fourth-order valence-electron chi connectivity index (χ4n) is 3.38. The number of nitrogens with one attached hydrogen (secondary N) is 2. The van der Waals surface area contributed by atoms with Crippen molar-refractivity contribution in [2.45, 2.75) is 38.9 Å². The second-order valence-electron chi connectivity index (χ2n) is 7.20. The molecule has 1 unspecified atom stereocenters. The zero-order chi connectivity index (χ0) is 20.8. The molecule has 1 heterocycles. The van der Waals surface area contributed by atoms with Crippen LogP contribution in [0.5, 0.6) is 0 Å². The topological polar surface area (TPSA) is 56.7 Å². The molecule has 1 aliphatic rings. The van der Waals surface area contributed by atoms with Crippen LogP contribution >= 0.6 is 0 Å². The number of guanidine groups is 1. The van der Waals surface area contributed by atoms with Gasteiger partial charge >= 0.3 is 0 Å². The third-order valence-electron chi connectivity index (χ3n) is 5.02. The molecule has 2 aromatic rings. The number of rotatable bonds is 6. The molecule has 0 radical (unpaired) electrons. The summed E-state index contributed by atoms with van der Waals surface area (Å²) in [5.74, 6) is -0.960. The second kappa shape index (κ2) is 9.49. The summed E-state index contributed by atoms with van der Waals surface area (Å²) in [6, 6.07) is 11.7. The lowest BCUT2D eigenvalue weighted by Gasteiger charge is -2.19. The molecule has 0 bridgehead atoms. The van der Waals surface area contributed by atoms with Gasteiger partial charge in [0.1, 0.15) is 0 Å². The average Bonchev–Trinajstić information content (AvgIpc) is 3.11. The number of aliphatic imine (C=N–C) groups is 1. The van der Waals surface area contributed by atoms with E-state index in [2.05, 4.69) is 21.7 Å². The summed E-state index contributed by atoms with van der Waals surface area (Å²) in [6.07, 6.45) is 1.57.